The molecule has 2 nitrogen and oxygen atoms in total. The van der Waals surface area contributed by atoms with Crippen molar-refractivity contribution in [1.82, 2.24) is 0 Å². The molecule has 4 heteroatoms. The Balaban J connectivity index is 1.15. The number of rotatable bonds is 4. The zero-order valence-corrected chi connectivity index (χ0v) is 35.6. The second kappa shape index (κ2) is 13.4. The highest BCUT2D eigenvalue weighted by Crippen LogP contribution is 2.57. The molecule has 1 aromatic heterocycles. The summed E-state index contributed by atoms with van der Waals surface area (Å²) in [4.78, 5) is 0. The van der Waals surface area contributed by atoms with E-state index in [1.807, 2.05) is 19.1 Å². The van der Waals surface area contributed by atoms with Crippen LogP contribution in [0.5, 0.6) is 5.75 Å². The first-order valence-corrected chi connectivity index (χ1v) is 21.7. The molecule has 0 spiro atoms. The molecule has 8 aromatic rings. The fourth-order valence-electron chi connectivity index (χ4n) is 11.3. The topological polar surface area (TPSA) is 22.4 Å². The van der Waals surface area contributed by atoms with Gasteiger partial charge in [0, 0.05) is 39.1 Å². The number of hydrogen-bond acceptors (Lipinski definition) is 2. The lowest BCUT2D eigenvalue weighted by Crippen LogP contribution is -2.27. The molecule has 7 aromatic carbocycles. The van der Waals surface area contributed by atoms with Crippen LogP contribution >= 0.6 is 0 Å². The van der Waals surface area contributed by atoms with Crippen LogP contribution in [-0.4, -0.2) is 6.10 Å². The number of allylic oxidation sites excluding steroid dienone is 4. The molecule has 0 saturated heterocycles. The molecular formula is C58H44F2O2. The van der Waals surface area contributed by atoms with Gasteiger partial charge in [0.25, 0.3) is 0 Å². The van der Waals surface area contributed by atoms with Gasteiger partial charge in [0.15, 0.2) is 0 Å². The van der Waals surface area contributed by atoms with E-state index in [-0.39, 0.29) is 35.5 Å². The van der Waals surface area contributed by atoms with Crippen LogP contribution in [0, 0.1) is 46.4 Å². The van der Waals surface area contributed by atoms with Crippen LogP contribution < -0.4 is 4.74 Å². The van der Waals surface area contributed by atoms with Crippen molar-refractivity contribution in [1.29, 1.82) is 0 Å². The van der Waals surface area contributed by atoms with Gasteiger partial charge in [-0.2, -0.15) is 0 Å². The van der Waals surface area contributed by atoms with Crippen LogP contribution in [0.1, 0.15) is 80.0 Å². The van der Waals surface area contributed by atoms with Gasteiger partial charge >= 0.3 is 0 Å². The minimum Gasteiger partial charge on any atom is -0.484 e. The second-order valence-electron chi connectivity index (χ2n) is 18.3. The summed E-state index contributed by atoms with van der Waals surface area (Å²) in [5.74, 6) is 0.449. The van der Waals surface area contributed by atoms with Gasteiger partial charge in [-0.15, -0.1) is 0 Å². The summed E-state index contributed by atoms with van der Waals surface area (Å²) in [5.41, 5.74) is 21.1. The first-order valence-electron chi connectivity index (χ1n) is 21.7. The lowest BCUT2D eigenvalue weighted by Gasteiger charge is -2.35. The Labute approximate surface area is 360 Å². The molecule has 2 heterocycles. The summed E-state index contributed by atoms with van der Waals surface area (Å²) in [7, 11) is 0. The zero-order valence-electron chi connectivity index (χ0n) is 35.6. The van der Waals surface area contributed by atoms with E-state index >= 15 is 0 Å². The van der Waals surface area contributed by atoms with Crippen LogP contribution in [-0.2, 0) is 0 Å². The van der Waals surface area contributed by atoms with Crippen molar-refractivity contribution in [2.45, 2.75) is 59.5 Å². The lowest BCUT2D eigenvalue weighted by atomic mass is 9.69. The summed E-state index contributed by atoms with van der Waals surface area (Å²) in [6.07, 6.45) is 9.90. The molecule has 3 aliphatic carbocycles. The summed E-state index contributed by atoms with van der Waals surface area (Å²) in [5, 5.41) is 4.38. The van der Waals surface area contributed by atoms with Crippen molar-refractivity contribution in [2.24, 2.45) is 5.92 Å². The summed E-state index contributed by atoms with van der Waals surface area (Å²) in [6.45, 7) is 12.7. The quantitative estimate of drug-likeness (QED) is 0.177. The third-order valence-electron chi connectivity index (χ3n) is 13.8. The highest BCUT2D eigenvalue weighted by Gasteiger charge is 2.43. The van der Waals surface area contributed by atoms with Gasteiger partial charge in [-0.25, -0.2) is 8.78 Å². The maximum Gasteiger partial charge on any atom is 0.143 e. The molecule has 0 saturated carbocycles. The Kier molecular flexibility index (Phi) is 7.98. The van der Waals surface area contributed by atoms with Crippen molar-refractivity contribution in [2.75, 3.05) is 0 Å². The van der Waals surface area contributed by atoms with Crippen LogP contribution in [0.15, 0.2) is 138 Å². The molecular weight excluding hydrogens is 767 g/mol. The molecule has 0 fully saturated rings. The number of benzene rings is 7. The molecule has 4 atom stereocenters. The second-order valence-corrected chi connectivity index (χ2v) is 18.3. The highest BCUT2D eigenvalue weighted by molar-refractivity contribution is 6.22. The number of aryl methyl sites for hydroxylation is 5. The summed E-state index contributed by atoms with van der Waals surface area (Å²) >= 11 is 0. The van der Waals surface area contributed by atoms with Gasteiger partial charge in [0.05, 0.1) is 0 Å². The fraction of sp³-hybridized carbons (Fsp3) is 0.172. The van der Waals surface area contributed by atoms with E-state index in [0.29, 0.717) is 0 Å². The van der Waals surface area contributed by atoms with Crippen molar-refractivity contribution in [3.05, 3.63) is 200 Å². The SMILES string of the molecule is Cc1cc(C)cc(C2=CC3c4c(c(-c5cc(C)cc(C)c5)cc5c4c2cc2c4ccc(-c6ccc(F)cc6C)cc4oc52)C=C2c4ccc(C5C=CC(F)=CC5C)cc4OC23)c1. The first-order chi connectivity index (χ1) is 29.9. The minimum absolute atomic E-state index is 0.0330. The van der Waals surface area contributed by atoms with Gasteiger partial charge in [0.2, 0.25) is 0 Å². The average molecular weight is 811 g/mol. The highest BCUT2D eigenvalue weighted by atomic mass is 19.1. The molecule has 0 amide bonds. The predicted octanol–water partition coefficient (Wildman–Crippen LogP) is 15.7. The molecule has 1 aliphatic heterocycles. The Morgan fingerprint density at radius 3 is 2.05 bits per heavy atom. The number of halogens is 2. The molecule has 4 aliphatic rings. The fourth-order valence-corrected chi connectivity index (χ4v) is 11.3. The Hall–Kier alpha value is -6.78. The van der Waals surface area contributed by atoms with Gasteiger partial charge in [-0.1, -0.05) is 102 Å². The lowest BCUT2D eigenvalue weighted by molar-refractivity contribution is 0.259. The third-order valence-corrected chi connectivity index (χ3v) is 13.8. The van der Waals surface area contributed by atoms with Gasteiger partial charge < -0.3 is 9.15 Å². The van der Waals surface area contributed by atoms with Crippen molar-refractivity contribution < 1.29 is 17.9 Å². The Morgan fingerprint density at radius 2 is 1.31 bits per heavy atom. The Bertz CT molecular complexity index is 3400. The normalized spacial score (nSPS) is 19.6. The monoisotopic (exact) mass is 810 g/mol. The van der Waals surface area contributed by atoms with E-state index in [2.05, 4.69) is 132 Å². The minimum atomic E-state index is -0.246. The van der Waals surface area contributed by atoms with E-state index in [1.54, 1.807) is 18.2 Å². The van der Waals surface area contributed by atoms with Crippen LogP contribution in [0.4, 0.5) is 8.78 Å². The third kappa shape index (κ3) is 5.58. The molecule has 12 rings (SSSR count). The Morgan fingerprint density at radius 1 is 0.581 bits per heavy atom. The standard InChI is InChI=1S/C58H44F2O2/c1-29-15-30(2)18-37(17-29)45-25-51-56-48(28-50-44-12-8-36(24-54(44)61-57(50)51)42-14-10-40(60)22-34(42)6)46(38-19-31(3)16-32(4)20-38)26-52-55(56)47(45)27-49-43-11-7-35(23-53(43)62-58(49)52)41-13-9-39(59)21-33(41)5/h7-28,33,41,52,58H,1-6H3. The molecule has 0 radical (unpaired) electrons. The molecule has 0 bridgehead atoms. The number of fused-ring (bicyclic) bond motifs is 8. The number of hydrogen-bond donors (Lipinski definition) is 0. The van der Waals surface area contributed by atoms with E-state index in [1.165, 1.54) is 78.2 Å². The van der Waals surface area contributed by atoms with Crippen molar-refractivity contribution in [3.8, 4) is 28.0 Å². The summed E-state index contributed by atoms with van der Waals surface area (Å²) < 4.78 is 42.7. The number of ether oxygens (including phenoxy) is 1. The smallest absolute Gasteiger partial charge is 0.143 e. The van der Waals surface area contributed by atoms with E-state index in [9.17, 15) is 8.78 Å². The van der Waals surface area contributed by atoms with Crippen LogP contribution in [0.2, 0.25) is 0 Å². The van der Waals surface area contributed by atoms with E-state index < -0.39 is 0 Å². The molecule has 0 N–H and O–H groups in total. The molecule has 62 heavy (non-hydrogen) atoms. The largest absolute Gasteiger partial charge is 0.484 e. The van der Waals surface area contributed by atoms with Crippen molar-refractivity contribution >= 4 is 49.9 Å². The van der Waals surface area contributed by atoms with Gasteiger partial charge in [-0.3, -0.25) is 0 Å². The van der Waals surface area contributed by atoms with E-state index in [4.69, 9.17) is 9.15 Å². The summed E-state index contributed by atoms with van der Waals surface area (Å²) in [6, 6.07) is 36.4. The predicted molar refractivity (Wildman–Crippen MR) is 251 cm³/mol. The zero-order chi connectivity index (χ0) is 42.3. The maximum atomic E-state index is 14.2. The first kappa shape index (κ1) is 37.0. The molecule has 302 valence electrons. The average Bonchev–Trinajstić information content (AvgIpc) is 3.79. The molecule has 4 unspecified atom stereocenters. The van der Waals surface area contributed by atoms with E-state index in [0.717, 1.165) is 60.9 Å². The van der Waals surface area contributed by atoms with Crippen molar-refractivity contribution in [3.63, 3.8) is 0 Å². The van der Waals surface area contributed by atoms with Crippen LogP contribution in [0.25, 0.3) is 72.2 Å². The number of furan rings is 1. The van der Waals surface area contributed by atoms with Gasteiger partial charge in [-0.05, 0) is 168 Å². The maximum absolute atomic E-state index is 14.2. The van der Waals surface area contributed by atoms with Gasteiger partial charge in [0.1, 0.15) is 34.7 Å². The van der Waals surface area contributed by atoms with Crippen LogP contribution in [0.3, 0.4) is 0 Å².